The predicted molar refractivity (Wildman–Crippen MR) is 149 cm³/mol. The molecule has 39 heavy (non-hydrogen) atoms. The number of anilines is 2. The highest BCUT2D eigenvalue weighted by Crippen LogP contribution is 2.72. The maximum absolute atomic E-state index is 13.9. The summed E-state index contributed by atoms with van der Waals surface area (Å²) in [6.07, 6.45) is 9.79. The van der Waals surface area contributed by atoms with Crippen LogP contribution < -0.4 is 10.2 Å². The lowest BCUT2D eigenvalue weighted by molar-refractivity contribution is -0.137. The summed E-state index contributed by atoms with van der Waals surface area (Å²) in [5.74, 6) is 0.0377. The number of benzene rings is 2. The first-order chi connectivity index (χ1) is 18.9. The first-order valence-corrected chi connectivity index (χ1v) is 14.2. The Kier molecular flexibility index (Phi) is 4.58. The normalized spacial score (nSPS) is 37.9. The van der Waals surface area contributed by atoms with E-state index in [2.05, 4.69) is 71.4 Å². The zero-order chi connectivity index (χ0) is 26.7. The van der Waals surface area contributed by atoms with Crippen LogP contribution in [0.15, 0.2) is 66.8 Å². The number of fused-ring (bicyclic) bond motifs is 1. The van der Waals surface area contributed by atoms with E-state index in [1.807, 2.05) is 30.1 Å². The van der Waals surface area contributed by atoms with E-state index < -0.39 is 0 Å². The molecule has 1 unspecified atom stereocenters. The summed E-state index contributed by atoms with van der Waals surface area (Å²) in [7, 11) is 0. The fourth-order valence-electron chi connectivity index (χ4n) is 9.22. The van der Waals surface area contributed by atoms with Gasteiger partial charge in [-0.2, -0.15) is 0 Å². The molecule has 6 aliphatic rings. The number of likely N-dealkylation sites (tertiary alicyclic amines) is 1. The molecule has 2 spiro atoms. The van der Waals surface area contributed by atoms with Gasteiger partial charge in [0.1, 0.15) is 12.3 Å². The van der Waals surface area contributed by atoms with Crippen LogP contribution in [-0.4, -0.2) is 59.2 Å². The fraction of sp³-hybridized carbons (Fsp3) is 0.438. The van der Waals surface area contributed by atoms with Gasteiger partial charge >= 0.3 is 0 Å². The number of ether oxygens (including phenoxy) is 1. The Morgan fingerprint density at radius 3 is 2.62 bits per heavy atom. The molecule has 6 aliphatic heterocycles. The summed E-state index contributed by atoms with van der Waals surface area (Å²) in [5.41, 5.74) is 4.86. The van der Waals surface area contributed by atoms with E-state index in [1.165, 1.54) is 16.7 Å². The highest BCUT2D eigenvalue weighted by atomic mass is 16.6. The molecule has 8 rings (SSSR count). The van der Waals surface area contributed by atoms with Crippen molar-refractivity contribution >= 4 is 23.7 Å². The molecule has 7 nitrogen and oxygen atoms in total. The Morgan fingerprint density at radius 2 is 1.85 bits per heavy atom. The number of allylic oxidation sites excluding steroid dienone is 3. The Bertz CT molecular complexity index is 1480. The highest BCUT2D eigenvalue weighted by Gasteiger charge is 2.77. The van der Waals surface area contributed by atoms with Crippen LogP contribution in [0.5, 0.6) is 0 Å². The van der Waals surface area contributed by atoms with Crippen LogP contribution in [0.1, 0.15) is 56.3 Å². The van der Waals surface area contributed by atoms with Crippen molar-refractivity contribution in [3.05, 3.63) is 83.5 Å². The van der Waals surface area contributed by atoms with E-state index >= 15 is 0 Å². The molecule has 0 saturated carbocycles. The molecule has 2 aromatic carbocycles. The molecule has 0 radical (unpaired) electrons. The maximum atomic E-state index is 13.9. The number of hydrogen-bond acceptors (Lipinski definition) is 5. The van der Waals surface area contributed by atoms with Crippen molar-refractivity contribution in [1.82, 2.24) is 9.80 Å². The minimum absolute atomic E-state index is 0.00543. The quantitative estimate of drug-likeness (QED) is 0.282. The lowest BCUT2D eigenvalue weighted by Crippen LogP contribution is -2.73. The summed E-state index contributed by atoms with van der Waals surface area (Å²) in [6, 6.07) is 15.0. The Labute approximate surface area is 229 Å². The van der Waals surface area contributed by atoms with Gasteiger partial charge < -0.3 is 15.0 Å². The van der Waals surface area contributed by atoms with Crippen molar-refractivity contribution in [1.29, 1.82) is 0 Å². The number of nitrogens with one attached hydrogen (secondary N) is 1. The first kappa shape index (κ1) is 23.5. The van der Waals surface area contributed by atoms with Gasteiger partial charge in [0, 0.05) is 36.0 Å². The number of epoxide rings is 1. The smallest absolute Gasteiger partial charge is 0.247 e. The van der Waals surface area contributed by atoms with Crippen LogP contribution in [0.25, 0.3) is 0 Å². The molecule has 0 aliphatic carbocycles. The van der Waals surface area contributed by atoms with E-state index in [0.29, 0.717) is 6.54 Å². The number of carbonyl (C=O) groups is 2. The lowest BCUT2D eigenvalue weighted by atomic mass is 9.50. The molecule has 2 bridgehead atoms. The number of hydrogen-bond donors (Lipinski definition) is 1. The average Bonchev–Trinajstić information content (AvgIpc) is 3.31. The van der Waals surface area contributed by atoms with Crippen LogP contribution in [-0.2, 0) is 25.2 Å². The van der Waals surface area contributed by atoms with Crippen molar-refractivity contribution in [2.24, 2.45) is 0 Å². The third-order valence-corrected chi connectivity index (χ3v) is 10.6. The number of amides is 2. The van der Waals surface area contributed by atoms with Gasteiger partial charge in [-0.15, -0.1) is 0 Å². The highest BCUT2D eigenvalue weighted by molar-refractivity contribution is 5.91. The topological polar surface area (TPSA) is 68.4 Å². The molecule has 6 heterocycles. The van der Waals surface area contributed by atoms with Crippen molar-refractivity contribution in [3.63, 3.8) is 0 Å². The van der Waals surface area contributed by atoms with Gasteiger partial charge in [-0.3, -0.25) is 19.4 Å². The number of rotatable bonds is 4. The second-order valence-corrected chi connectivity index (χ2v) is 12.4. The van der Waals surface area contributed by atoms with E-state index in [9.17, 15) is 9.59 Å². The third kappa shape index (κ3) is 2.61. The average molecular weight is 523 g/mol. The SMILES string of the molecule is CC=CC=CC(=O)N1CC[C@@]23c4ccccc4N[C@@H]4N(C=O)c5cccc6c5[C@@]42CCN([C@@H]13)[C@@H]6[C@H]1OC1(C)C. The first-order valence-electron chi connectivity index (χ1n) is 14.2. The Balaban J connectivity index is 1.45. The summed E-state index contributed by atoms with van der Waals surface area (Å²) in [6.45, 7) is 7.78. The number of para-hydroxylation sites is 1. The molecule has 3 saturated heterocycles. The second-order valence-electron chi connectivity index (χ2n) is 12.4. The summed E-state index contributed by atoms with van der Waals surface area (Å²) in [5, 5.41) is 3.83. The van der Waals surface area contributed by atoms with Crippen molar-refractivity contribution < 1.29 is 14.3 Å². The van der Waals surface area contributed by atoms with E-state index in [1.54, 1.807) is 6.08 Å². The lowest BCUT2D eigenvalue weighted by Gasteiger charge is -2.62. The third-order valence-electron chi connectivity index (χ3n) is 10.6. The molecule has 7 atom stereocenters. The van der Waals surface area contributed by atoms with Gasteiger partial charge in [0.2, 0.25) is 12.3 Å². The van der Waals surface area contributed by atoms with Crippen molar-refractivity contribution in [2.45, 2.75) is 74.5 Å². The van der Waals surface area contributed by atoms with E-state index in [4.69, 9.17) is 4.74 Å². The molecule has 1 N–H and O–H groups in total. The molecule has 7 heteroatoms. The maximum Gasteiger partial charge on any atom is 0.247 e. The van der Waals surface area contributed by atoms with Gasteiger partial charge in [-0.05, 0) is 62.4 Å². The minimum atomic E-state index is -0.377. The van der Waals surface area contributed by atoms with Crippen LogP contribution in [0.3, 0.4) is 0 Å². The molecular formula is C32H34N4O3. The fourth-order valence-corrected chi connectivity index (χ4v) is 9.22. The van der Waals surface area contributed by atoms with Gasteiger partial charge in [-0.1, -0.05) is 48.6 Å². The Hall–Kier alpha value is -3.42. The number of piperidine rings is 1. The van der Waals surface area contributed by atoms with Gasteiger partial charge in [0.15, 0.2) is 0 Å². The summed E-state index contributed by atoms with van der Waals surface area (Å²) < 4.78 is 6.39. The largest absolute Gasteiger partial charge is 0.365 e. The zero-order valence-electron chi connectivity index (χ0n) is 22.6. The van der Waals surface area contributed by atoms with Crippen molar-refractivity contribution in [2.75, 3.05) is 23.3 Å². The van der Waals surface area contributed by atoms with Crippen LogP contribution in [0.2, 0.25) is 0 Å². The van der Waals surface area contributed by atoms with Gasteiger partial charge in [0.25, 0.3) is 0 Å². The summed E-state index contributed by atoms with van der Waals surface area (Å²) in [4.78, 5) is 33.4. The van der Waals surface area contributed by atoms with E-state index in [-0.39, 0.29) is 46.8 Å². The number of nitrogens with zero attached hydrogens (tertiary/aromatic N) is 3. The molecule has 0 aromatic heterocycles. The standard InChI is InChI=1S/C32H34N4O3/c1-4-5-6-14-24(38)34-17-15-31-21-11-7-8-12-22(21)33-28-32(31)16-18-35(29(31)34)26(27-30(2,3)39-27)20-10-9-13-23(25(20)32)36(28)19-37/h4-14,19,26-29,33H,15-18H2,1-3H3/t26-,27+,28+,29+,31-,32-/m0/s1. The second kappa shape index (κ2) is 7.61. The Morgan fingerprint density at radius 1 is 1.05 bits per heavy atom. The molecule has 200 valence electrons. The monoisotopic (exact) mass is 522 g/mol. The minimum Gasteiger partial charge on any atom is -0.365 e. The van der Waals surface area contributed by atoms with Crippen LogP contribution >= 0.6 is 0 Å². The van der Waals surface area contributed by atoms with E-state index in [0.717, 1.165) is 37.2 Å². The number of carbonyl (C=O) groups excluding carboxylic acids is 2. The van der Waals surface area contributed by atoms with Crippen LogP contribution in [0.4, 0.5) is 11.4 Å². The predicted octanol–water partition coefficient (Wildman–Crippen LogP) is 4.22. The van der Waals surface area contributed by atoms with Gasteiger partial charge in [0.05, 0.1) is 23.2 Å². The molecule has 3 fully saturated rings. The zero-order valence-corrected chi connectivity index (χ0v) is 22.6. The summed E-state index contributed by atoms with van der Waals surface area (Å²) >= 11 is 0. The van der Waals surface area contributed by atoms with Gasteiger partial charge in [-0.25, -0.2) is 0 Å². The van der Waals surface area contributed by atoms with Crippen molar-refractivity contribution in [3.8, 4) is 0 Å². The molecule has 2 amide bonds. The molecule has 2 aromatic rings. The van der Waals surface area contributed by atoms with Crippen LogP contribution in [0, 0.1) is 0 Å². The molecular weight excluding hydrogens is 488 g/mol.